The Balaban J connectivity index is 1.81. The molecule has 1 saturated carbocycles. The molecule has 3 rings (SSSR count). The van der Waals surface area contributed by atoms with Crippen LogP contribution in [0, 0.1) is 5.92 Å². The molecule has 1 aromatic rings. The van der Waals surface area contributed by atoms with E-state index in [-0.39, 0.29) is 24.0 Å². The van der Waals surface area contributed by atoms with Crippen molar-refractivity contribution in [3.8, 4) is 0 Å². The number of likely N-dealkylation sites (tertiary alicyclic amines) is 1. The van der Waals surface area contributed by atoms with Gasteiger partial charge in [-0.05, 0) is 43.7 Å². The zero-order valence-corrected chi connectivity index (χ0v) is 13.4. The van der Waals surface area contributed by atoms with E-state index in [1.807, 2.05) is 11.0 Å². The largest absolute Gasteiger partial charge is 0.393 e. The van der Waals surface area contributed by atoms with E-state index in [1.54, 1.807) is 12.4 Å². The van der Waals surface area contributed by atoms with Crippen molar-refractivity contribution in [3.05, 3.63) is 29.6 Å². The number of pyridine rings is 1. The summed E-state index contributed by atoms with van der Waals surface area (Å²) < 4.78 is 0. The predicted molar refractivity (Wildman–Crippen MR) is 85.6 cm³/mol. The quantitative estimate of drug-likeness (QED) is 0.934. The second kappa shape index (κ2) is 6.78. The maximum absolute atomic E-state index is 13.0. The van der Waals surface area contributed by atoms with Crippen molar-refractivity contribution in [2.75, 3.05) is 6.54 Å². The van der Waals surface area contributed by atoms with Crippen molar-refractivity contribution >= 4 is 5.91 Å². The average molecular weight is 302 g/mol. The highest BCUT2D eigenvalue weighted by atomic mass is 16.3. The lowest BCUT2D eigenvalue weighted by atomic mass is 9.80. The molecule has 120 valence electrons. The first-order valence-electron chi connectivity index (χ1n) is 8.64. The lowest BCUT2D eigenvalue weighted by molar-refractivity contribution is 0.0211. The zero-order valence-electron chi connectivity index (χ0n) is 13.4. The molecule has 1 aromatic heterocycles. The molecular weight excluding hydrogens is 276 g/mol. The maximum Gasteiger partial charge on any atom is 0.254 e. The summed E-state index contributed by atoms with van der Waals surface area (Å²) in [5.74, 6) is 0.381. The highest BCUT2D eigenvalue weighted by molar-refractivity contribution is 5.96. The van der Waals surface area contributed by atoms with E-state index in [2.05, 4.69) is 11.9 Å². The van der Waals surface area contributed by atoms with Crippen LogP contribution in [0.1, 0.15) is 61.4 Å². The summed E-state index contributed by atoms with van der Waals surface area (Å²) in [6.07, 6.45) is 10.4. The van der Waals surface area contributed by atoms with Crippen LogP contribution in [-0.2, 0) is 6.42 Å². The fourth-order valence-electron chi connectivity index (χ4n) is 4.15. The van der Waals surface area contributed by atoms with Crippen LogP contribution < -0.4 is 0 Å². The molecule has 1 amide bonds. The Bertz CT molecular complexity index is 532. The molecule has 2 aliphatic rings. The van der Waals surface area contributed by atoms with Crippen molar-refractivity contribution in [2.24, 2.45) is 5.92 Å². The lowest BCUT2D eigenvalue weighted by Gasteiger charge is -2.37. The first-order valence-corrected chi connectivity index (χ1v) is 8.64. The topological polar surface area (TPSA) is 53.4 Å². The molecule has 4 nitrogen and oxygen atoms in total. The van der Waals surface area contributed by atoms with Crippen LogP contribution >= 0.6 is 0 Å². The maximum atomic E-state index is 13.0. The molecule has 1 aliphatic heterocycles. The summed E-state index contributed by atoms with van der Waals surface area (Å²) >= 11 is 0. The second-order valence-corrected chi connectivity index (χ2v) is 6.61. The van der Waals surface area contributed by atoms with E-state index in [9.17, 15) is 9.90 Å². The van der Waals surface area contributed by atoms with Crippen LogP contribution in [0.4, 0.5) is 0 Å². The smallest absolute Gasteiger partial charge is 0.254 e. The SMILES string of the molecule is CCc1cnccc1C(=O)N1CCC[C@@H]1[C@H]1CCCC[C@H]1O. The van der Waals surface area contributed by atoms with E-state index in [0.717, 1.165) is 56.2 Å². The normalized spacial score (nSPS) is 28.8. The third-order valence-corrected chi connectivity index (χ3v) is 5.35. The molecule has 0 bridgehead atoms. The Morgan fingerprint density at radius 2 is 2.14 bits per heavy atom. The summed E-state index contributed by atoms with van der Waals surface area (Å²) in [5.41, 5.74) is 1.80. The van der Waals surface area contributed by atoms with Gasteiger partial charge in [0.05, 0.1) is 6.10 Å². The van der Waals surface area contributed by atoms with Crippen LogP contribution in [0.3, 0.4) is 0 Å². The minimum atomic E-state index is -0.241. The van der Waals surface area contributed by atoms with Gasteiger partial charge in [0.25, 0.3) is 5.91 Å². The molecule has 0 aromatic carbocycles. The van der Waals surface area contributed by atoms with Gasteiger partial charge in [-0.15, -0.1) is 0 Å². The number of carbonyl (C=O) groups excluding carboxylic acids is 1. The van der Waals surface area contributed by atoms with Gasteiger partial charge in [0.15, 0.2) is 0 Å². The standard InChI is InChI=1S/C18H26N2O2/c1-2-13-12-19-10-9-14(13)18(22)20-11-5-7-16(20)15-6-3-4-8-17(15)21/h9-10,12,15-17,21H,2-8,11H2,1H3/t15-,16-,17-/m1/s1. The van der Waals surface area contributed by atoms with Gasteiger partial charge in [0.2, 0.25) is 0 Å². The molecular formula is C18H26N2O2. The van der Waals surface area contributed by atoms with Crippen LogP contribution in [0.5, 0.6) is 0 Å². The summed E-state index contributed by atoms with van der Waals surface area (Å²) in [6, 6.07) is 2.05. The summed E-state index contributed by atoms with van der Waals surface area (Å²) in [4.78, 5) is 19.2. The number of aliphatic hydroxyl groups excluding tert-OH is 1. The van der Waals surface area contributed by atoms with Crippen molar-refractivity contribution < 1.29 is 9.90 Å². The third-order valence-electron chi connectivity index (χ3n) is 5.35. The number of nitrogens with zero attached hydrogens (tertiary/aromatic N) is 2. The molecule has 0 spiro atoms. The Labute approximate surface area is 132 Å². The highest BCUT2D eigenvalue weighted by Gasteiger charge is 2.39. The summed E-state index contributed by atoms with van der Waals surface area (Å²) in [6.45, 7) is 2.87. The minimum Gasteiger partial charge on any atom is -0.393 e. The number of hydrogen-bond acceptors (Lipinski definition) is 3. The number of rotatable bonds is 3. The Morgan fingerprint density at radius 3 is 2.91 bits per heavy atom. The molecule has 1 N–H and O–H groups in total. The predicted octanol–water partition coefficient (Wildman–Crippen LogP) is 2.80. The second-order valence-electron chi connectivity index (χ2n) is 6.61. The fourth-order valence-corrected chi connectivity index (χ4v) is 4.15. The van der Waals surface area contributed by atoms with Gasteiger partial charge in [-0.3, -0.25) is 9.78 Å². The van der Waals surface area contributed by atoms with E-state index < -0.39 is 0 Å². The monoisotopic (exact) mass is 302 g/mol. The molecule has 0 radical (unpaired) electrons. The number of amides is 1. The molecule has 22 heavy (non-hydrogen) atoms. The van der Waals surface area contributed by atoms with Gasteiger partial charge in [-0.2, -0.15) is 0 Å². The number of aromatic nitrogens is 1. The molecule has 2 fully saturated rings. The van der Waals surface area contributed by atoms with Gasteiger partial charge >= 0.3 is 0 Å². The van der Waals surface area contributed by atoms with Gasteiger partial charge in [0.1, 0.15) is 0 Å². The van der Waals surface area contributed by atoms with Crippen LogP contribution in [0.25, 0.3) is 0 Å². The summed E-state index contributed by atoms with van der Waals surface area (Å²) in [5, 5.41) is 10.4. The number of aliphatic hydroxyl groups is 1. The summed E-state index contributed by atoms with van der Waals surface area (Å²) in [7, 11) is 0. The third kappa shape index (κ3) is 2.89. The molecule has 2 heterocycles. The van der Waals surface area contributed by atoms with Gasteiger partial charge < -0.3 is 10.0 Å². The number of hydrogen-bond donors (Lipinski definition) is 1. The van der Waals surface area contributed by atoms with Crippen molar-refractivity contribution in [1.82, 2.24) is 9.88 Å². The van der Waals surface area contributed by atoms with Crippen LogP contribution in [-0.4, -0.2) is 39.6 Å². The fraction of sp³-hybridized carbons (Fsp3) is 0.667. The Hall–Kier alpha value is -1.42. The molecule has 4 heteroatoms. The molecule has 3 atom stereocenters. The first kappa shape index (κ1) is 15.5. The van der Waals surface area contributed by atoms with Crippen LogP contribution in [0.15, 0.2) is 18.5 Å². The Kier molecular flexibility index (Phi) is 4.77. The van der Waals surface area contributed by atoms with Crippen molar-refractivity contribution in [1.29, 1.82) is 0 Å². The lowest BCUT2D eigenvalue weighted by Crippen LogP contribution is -2.45. The van der Waals surface area contributed by atoms with E-state index in [4.69, 9.17) is 0 Å². The van der Waals surface area contributed by atoms with Gasteiger partial charge in [-0.25, -0.2) is 0 Å². The average Bonchev–Trinajstić information content (AvgIpc) is 3.04. The van der Waals surface area contributed by atoms with Crippen molar-refractivity contribution in [3.63, 3.8) is 0 Å². The molecule has 1 aliphatic carbocycles. The zero-order chi connectivity index (χ0) is 15.5. The minimum absolute atomic E-state index is 0.125. The van der Waals surface area contributed by atoms with Gasteiger partial charge in [-0.1, -0.05) is 19.8 Å². The van der Waals surface area contributed by atoms with E-state index in [0.29, 0.717) is 0 Å². The first-order chi connectivity index (χ1) is 10.7. The number of carbonyl (C=O) groups is 1. The number of aryl methyl sites for hydroxylation is 1. The van der Waals surface area contributed by atoms with Crippen molar-refractivity contribution in [2.45, 2.75) is 64.0 Å². The highest BCUT2D eigenvalue weighted by Crippen LogP contribution is 2.35. The Morgan fingerprint density at radius 1 is 1.32 bits per heavy atom. The van der Waals surface area contributed by atoms with E-state index >= 15 is 0 Å². The molecule has 1 saturated heterocycles. The molecule has 0 unspecified atom stereocenters. The van der Waals surface area contributed by atoms with E-state index in [1.165, 1.54) is 6.42 Å². The van der Waals surface area contributed by atoms with Gasteiger partial charge in [0, 0.05) is 36.5 Å². The van der Waals surface area contributed by atoms with Crippen LogP contribution in [0.2, 0.25) is 0 Å².